The van der Waals surface area contributed by atoms with Crippen molar-refractivity contribution in [3.63, 3.8) is 0 Å². The highest BCUT2D eigenvalue weighted by Crippen LogP contribution is 2.30. The maximum atomic E-state index is 12.6. The Morgan fingerprint density at radius 1 is 1.11 bits per heavy atom. The molecule has 0 N–H and O–H groups in total. The molecule has 4 rings (SSSR count). The van der Waals surface area contributed by atoms with E-state index in [2.05, 4.69) is 16.0 Å². The molecule has 0 radical (unpaired) electrons. The molecule has 1 saturated heterocycles. The lowest BCUT2D eigenvalue weighted by molar-refractivity contribution is -0.136. The van der Waals surface area contributed by atoms with E-state index in [4.69, 9.17) is 9.98 Å². The summed E-state index contributed by atoms with van der Waals surface area (Å²) >= 11 is 0. The van der Waals surface area contributed by atoms with Crippen LogP contribution in [0.25, 0.3) is 11.3 Å². The van der Waals surface area contributed by atoms with Gasteiger partial charge < -0.3 is 9.80 Å². The number of hydrogen-bond acceptors (Lipinski definition) is 5. The van der Waals surface area contributed by atoms with Crippen molar-refractivity contribution in [2.45, 2.75) is 33.1 Å². The maximum absolute atomic E-state index is 12.6. The van der Waals surface area contributed by atoms with Gasteiger partial charge in [-0.2, -0.15) is 0 Å². The molecule has 6 heteroatoms. The topological polar surface area (TPSA) is 61.7 Å². The van der Waals surface area contributed by atoms with E-state index >= 15 is 0 Å². The minimum Gasteiger partial charge on any atom is -0.360 e. The molecule has 0 spiro atoms. The number of amides is 1. The van der Waals surface area contributed by atoms with E-state index in [0.29, 0.717) is 5.91 Å². The van der Waals surface area contributed by atoms with E-state index < -0.39 is 0 Å². The first kappa shape index (κ1) is 18.6. The number of hydrogen-bond donors (Lipinski definition) is 0. The molecule has 0 aliphatic carbocycles. The van der Waals surface area contributed by atoms with Crippen LogP contribution in [0.3, 0.4) is 0 Å². The molecule has 0 saturated carbocycles. The first-order valence-corrected chi connectivity index (χ1v) is 10.2. The number of piperidine rings is 1. The number of aliphatic imine (C=N–C) groups is 1. The highest BCUT2D eigenvalue weighted by Gasteiger charge is 2.30. The van der Waals surface area contributed by atoms with Gasteiger partial charge in [-0.25, -0.2) is 4.99 Å². The SMILES string of the molecule is CCN(CC)C(=O)C1CCN(C2=Nc3ccc(-c4ccncc4)nc3C2)CC1. The summed E-state index contributed by atoms with van der Waals surface area (Å²) in [4.78, 5) is 30.6. The van der Waals surface area contributed by atoms with E-state index in [1.807, 2.05) is 36.9 Å². The Morgan fingerprint density at radius 3 is 2.50 bits per heavy atom. The lowest BCUT2D eigenvalue weighted by atomic mass is 9.95. The van der Waals surface area contributed by atoms with Gasteiger partial charge >= 0.3 is 0 Å². The molecule has 0 bridgehead atoms. The molecule has 2 aliphatic heterocycles. The van der Waals surface area contributed by atoms with Crippen LogP contribution in [0, 0.1) is 5.92 Å². The van der Waals surface area contributed by atoms with Crippen LogP contribution >= 0.6 is 0 Å². The van der Waals surface area contributed by atoms with E-state index in [0.717, 1.165) is 73.9 Å². The smallest absolute Gasteiger partial charge is 0.225 e. The standard InChI is InChI=1S/C22H27N5O/c1-3-26(4-2)22(28)17-9-13-27(14-10-17)21-15-20-19(25-21)6-5-18(24-20)16-7-11-23-12-8-16/h5-8,11-12,17H,3-4,9-10,13-15H2,1-2H3. The molecule has 0 unspecified atom stereocenters. The van der Waals surface area contributed by atoms with Crippen LogP contribution in [0.15, 0.2) is 41.7 Å². The van der Waals surface area contributed by atoms with Crippen molar-refractivity contribution in [1.29, 1.82) is 0 Å². The van der Waals surface area contributed by atoms with Gasteiger partial charge in [0.1, 0.15) is 5.84 Å². The summed E-state index contributed by atoms with van der Waals surface area (Å²) in [7, 11) is 0. The minimum atomic E-state index is 0.150. The Labute approximate surface area is 166 Å². The molecule has 6 nitrogen and oxygen atoms in total. The van der Waals surface area contributed by atoms with Gasteiger partial charge in [0.25, 0.3) is 0 Å². The molecule has 1 fully saturated rings. The number of fused-ring (bicyclic) bond motifs is 1. The number of rotatable bonds is 4. The van der Waals surface area contributed by atoms with Crippen LogP contribution in [0.2, 0.25) is 0 Å². The first-order valence-electron chi connectivity index (χ1n) is 10.2. The predicted octanol–water partition coefficient (Wildman–Crippen LogP) is 3.31. The molecule has 0 aromatic carbocycles. The Bertz CT molecular complexity index is 868. The molecule has 146 valence electrons. The van der Waals surface area contributed by atoms with Gasteiger partial charge in [-0.3, -0.25) is 14.8 Å². The molecule has 2 aliphatic rings. The van der Waals surface area contributed by atoms with Crippen LogP contribution in [0.4, 0.5) is 5.69 Å². The molecular weight excluding hydrogens is 350 g/mol. The molecule has 1 amide bonds. The molecule has 0 atom stereocenters. The third-order valence-corrected chi connectivity index (χ3v) is 5.79. The number of carbonyl (C=O) groups is 1. The van der Waals surface area contributed by atoms with E-state index in [1.165, 1.54) is 0 Å². The fraction of sp³-hybridized carbons (Fsp3) is 0.455. The number of pyridine rings is 2. The van der Waals surface area contributed by atoms with Gasteiger partial charge in [0.05, 0.1) is 23.5 Å². The third-order valence-electron chi connectivity index (χ3n) is 5.79. The second-order valence-corrected chi connectivity index (χ2v) is 7.37. The van der Waals surface area contributed by atoms with Crippen LogP contribution in [-0.2, 0) is 11.2 Å². The van der Waals surface area contributed by atoms with Crippen molar-refractivity contribution < 1.29 is 4.79 Å². The van der Waals surface area contributed by atoms with Gasteiger partial charge in [0, 0.05) is 50.1 Å². The maximum Gasteiger partial charge on any atom is 0.225 e. The van der Waals surface area contributed by atoms with Crippen LogP contribution in [-0.4, -0.2) is 57.7 Å². The summed E-state index contributed by atoms with van der Waals surface area (Å²) in [6.45, 7) is 7.47. The number of aromatic nitrogens is 2. The summed E-state index contributed by atoms with van der Waals surface area (Å²) in [5.74, 6) is 1.55. The van der Waals surface area contributed by atoms with E-state index in [9.17, 15) is 4.79 Å². The predicted molar refractivity (Wildman–Crippen MR) is 110 cm³/mol. The molecular formula is C22H27N5O. The molecule has 4 heterocycles. The van der Waals surface area contributed by atoms with Crippen molar-refractivity contribution in [2.24, 2.45) is 10.9 Å². The Balaban J connectivity index is 1.40. The fourth-order valence-corrected chi connectivity index (χ4v) is 4.10. The summed E-state index contributed by atoms with van der Waals surface area (Å²) < 4.78 is 0. The monoisotopic (exact) mass is 377 g/mol. The van der Waals surface area contributed by atoms with Crippen molar-refractivity contribution in [3.05, 3.63) is 42.4 Å². The van der Waals surface area contributed by atoms with Crippen molar-refractivity contribution in [3.8, 4) is 11.3 Å². The van der Waals surface area contributed by atoms with E-state index in [1.54, 1.807) is 12.4 Å². The molecule has 2 aromatic heterocycles. The average molecular weight is 377 g/mol. The van der Waals surface area contributed by atoms with Crippen LogP contribution < -0.4 is 0 Å². The van der Waals surface area contributed by atoms with Gasteiger partial charge in [-0.15, -0.1) is 0 Å². The largest absolute Gasteiger partial charge is 0.360 e. The minimum absolute atomic E-state index is 0.150. The van der Waals surface area contributed by atoms with Gasteiger partial charge in [0.2, 0.25) is 5.91 Å². The highest BCUT2D eigenvalue weighted by atomic mass is 16.2. The molecule has 28 heavy (non-hydrogen) atoms. The number of likely N-dealkylation sites (tertiary alicyclic amines) is 1. The lowest BCUT2D eigenvalue weighted by Gasteiger charge is -2.34. The quantitative estimate of drug-likeness (QED) is 0.820. The second kappa shape index (κ2) is 8.09. The zero-order chi connectivity index (χ0) is 19.5. The van der Waals surface area contributed by atoms with Crippen molar-refractivity contribution in [2.75, 3.05) is 26.2 Å². The Hall–Kier alpha value is -2.76. The van der Waals surface area contributed by atoms with Crippen LogP contribution in [0.5, 0.6) is 0 Å². The zero-order valence-corrected chi connectivity index (χ0v) is 16.6. The Kier molecular flexibility index (Phi) is 5.37. The Morgan fingerprint density at radius 2 is 1.82 bits per heavy atom. The summed E-state index contributed by atoms with van der Waals surface area (Å²) in [5.41, 5.74) is 4.03. The summed E-state index contributed by atoms with van der Waals surface area (Å²) in [6, 6.07) is 8.03. The number of amidine groups is 1. The highest BCUT2D eigenvalue weighted by molar-refractivity contribution is 5.92. The van der Waals surface area contributed by atoms with Gasteiger partial charge in [-0.05, 0) is 51.0 Å². The van der Waals surface area contributed by atoms with Crippen molar-refractivity contribution in [1.82, 2.24) is 19.8 Å². The average Bonchev–Trinajstić information content (AvgIpc) is 3.18. The van der Waals surface area contributed by atoms with Gasteiger partial charge in [-0.1, -0.05) is 0 Å². The van der Waals surface area contributed by atoms with Crippen molar-refractivity contribution >= 4 is 17.4 Å². The second-order valence-electron chi connectivity index (χ2n) is 7.37. The summed E-state index contributed by atoms with van der Waals surface area (Å²) in [5, 5.41) is 0. The van der Waals surface area contributed by atoms with Gasteiger partial charge in [0.15, 0.2) is 0 Å². The number of nitrogens with zero attached hydrogens (tertiary/aromatic N) is 5. The number of carbonyl (C=O) groups excluding carboxylic acids is 1. The molecule has 2 aromatic rings. The third kappa shape index (κ3) is 3.63. The normalized spacial score (nSPS) is 16.6. The lowest BCUT2D eigenvalue weighted by Crippen LogP contribution is -2.44. The zero-order valence-electron chi connectivity index (χ0n) is 16.6. The summed E-state index contributed by atoms with van der Waals surface area (Å²) in [6.07, 6.45) is 6.15. The van der Waals surface area contributed by atoms with E-state index in [-0.39, 0.29) is 5.92 Å². The fourth-order valence-electron chi connectivity index (χ4n) is 4.10. The van der Waals surface area contributed by atoms with Crippen LogP contribution in [0.1, 0.15) is 32.4 Å². The first-order chi connectivity index (χ1) is 13.7.